The number of rotatable bonds is 1. The standard InChI is InChI=1S/C6H10N2O/c1-4(7)5-2-6(8)9-3-5/h2-4H,7-8H2,1H3. The van der Waals surface area contributed by atoms with E-state index in [1.807, 2.05) is 6.92 Å². The molecule has 0 aromatic carbocycles. The van der Waals surface area contributed by atoms with Crippen LogP contribution in [0, 0.1) is 0 Å². The van der Waals surface area contributed by atoms with Crippen molar-refractivity contribution >= 4 is 5.88 Å². The van der Waals surface area contributed by atoms with Crippen LogP contribution in [0.1, 0.15) is 18.5 Å². The molecule has 0 saturated heterocycles. The first kappa shape index (κ1) is 6.16. The molecule has 1 rings (SSSR count). The van der Waals surface area contributed by atoms with Gasteiger partial charge in [-0.1, -0.05) is 0 Å². The second-order valence-electron chi connectivity index (χ2n) is 2.07. The first-order chi connectivity index (χ1) is 4.20. The molecule has 1 aromatic rings. The highest BCUT2D eigenvalue weighted by Crippen LogP contribution is 2.14. The fourth-order valence-electron chi connectivity index (χ4n) is 0.607. The third-order valence-electron chi connectivity index (χ3n) is 1.17. The minimum atomic E-state index is 0.00560. The summed E-state index contributed by atoms with van der Waals surface area (Å²) in [5, 5.41) is 0. The molecule has 1 heterocycles. The fourth-order valence-corrected chi connectivity index (χ4v) is 0.607. The first-order valence-corrected chi connectivity index (χ1v) is 2.79. The quantitative estimate of drug-likeness (QED) is 0.587. The van der Waals surface area contributed by atoms with Gasteiger partial charge in [-0.15, -0.1) is 0 Å². The zero-order valence-electron chi connectivity index (χ0n) is 5.29. The number of nitrogens with two attached hydrogens (primary N) is 2. The topological polar surface area (TPSA) is 65.2 Å². The average molecular weight is 126 g/mol. The van der Waals surface area contributed by atoms with Gasteiger partial charge in [0.25, 0.3) is 0 Å². The minimum absolute atomic E-state index is 0.00560. The fraction of sp³-hybridized carbons (Fsp3) is 0.333. The van der Waals surface area contributed by atoms with Crippen molar-refractivity contribution in [3.8, 4) is 0 Å². The van der Waals surface area contributed by atoms with E-state index in [9.17, 15) is 0 Å². The highest BCUT2D eigenvalue weighted by Gasteiger charge is 2.01. The van der Waals surface area contributed by atoms with E-state index in [0.717, 1.165) is 5.56 Å². The van der Waals surface area contributed by atoms with Crippen molar-refractivity contribution in [1.82, 2.24) is 0 Å². The van der Waals surface area contributed by atoms with Crippen molar-refractivity contribution in [1.29, 1.82) is 0 Å². The molecular formula is C6H10N2O. The number of furan rings is 1. The summed E-state index contributed by atoms with van der Waals surface area (Å²) >= 11 is 0. The average Bonchev–Trinajstić information content (AvgIpc) is 2.14. The van der Waals surface area contributed by atoms with Crippen molar-refractivity contribution < 1.29 is 4.42 Å². The summed E-state index contributed by atoms with van der Waals surface area (Å²) in [6.07, 6.45) is 1.57. The van der Waals surface area contributed by atoms with Crippen LogP contribution < -0.4 is 11.5 Å². The summed E-state index contributed by atoms with van der Waals surface area (Å²) in [5.74, 6) is 0.419. The van der Waals surface area contributed by atoms with Gasteiger partial charge < -0.3 is 15.9 Å². The molecule has 3 nitrogen and oxygen atoms in total. The van der Waals surface area contributed by atoms with E-state index < -0.39 is 0 Å². The largest absolute Gasteiger partial charge is 0.449 e. The van der Waals surface area contributed by atoms with Crippen molar-refractivity contribution in [2.45, 2.75) is 13.0 Å². The molecule has 1 unspecified atom stereocenters. The lowest BCUT2D eigenvalue weighted by atomic mass is 10.2. The molecule has 0 spiro atoms. The number of nitrogen functional groups attached to an aromatic ring is 1. The van der Waals surface area contributed by atoms with Gasteiger partial charge in [0.2, 0.25) is 0 Å². The van der Waals surface area contributed by atoms with Crippen LogP contribution in [0.2, 0.25) is 0 Å². The highest BCUT2D eigenvalue weighted by atomic mass is 16.3. The molecule has 1 atom stereocenters. The van der Waals surface area contributed by atoms with Crippen molar-refractivity contribution in [2.75, 3.05) is 5.73 Å². The second-order valence-corrected chi connectivity index (χ2v) is 2.07. The Bertz CT molecular complexity index is 193. The molecular weight excluding hydrogens is 116 g/mol. The van der Waals surface area contributed by atoms with Crippen LogP contribution in [0.15, 0.2) is 16.7 Å². The van der Waals surface area contributed by atoms with Crippen LogP contribution in [0.3, 0.4) is 0 Å². The summed E-state index contributed by atoms with van der Waals surface area (Å²) < 4.78 is 4.82. The predicted octanol–water partition coefficient (Wildman–Crippen LogP) is 0.882. The molecule has 9 heavy (non-hydrogen) atoms. The molecule has 4 N–H and O–H groups in total. The van der Waals surface area contributed by atoms with Gasteiger partial charge in [-0.25, -0.2) is 0 Å². The zero-order chi connectivity index (χ0) is 6.85. The smallest absolute Gasteiger partial charge is 0.190 e. The van der Waals surface area contributed by atoms with Gasteiger partial charge in [-0.05, 0) is 6.92 Å². The summed E-state index contributed by atoms with van der Waals surface area (Å²) in [6, 6.07) is 1.73. The van der Waals surface area contributed by atoms with E-state index in [2.05, 4.69) is 0 Å². The Morgan fingerprint density at radius 1 is 1.67 bits per heavy atom. The second kappa shape index (κ2) is 2.11. The number of hydrogen-bond donors (Lipinski definition) is 2. The van der Waals surface area contributed by atoms with Gasteiger partial charge in [0.15, 0.2) is 5.88 Å². The Morgan fingerprint density at radius 2 is 2.33 bits per heavy atom. The maximum Gasteiger partial charge on any atom is 0.190 e. The van der Waals surface area contributed by atoms with E-state index in [1.54, 1.807) is 12.3 Å². The van der Waals surface area contributed by atoms with E-state index >= 15 is 0 Å². The summed E-state index contributed by atoms with van der Waals surface area (Å²) in [7, 11) is 0. The molecule has 0 amide bonds. The summed E-state index contributed by atoms with van der Waals surface area (Å²) in [6.45, 7) is 1.88. The van der Waals surface area contributed by atoms with E-state index in [4.69, 9.17) is 15.9 Å². The van der Waals surface area contributed by atoms with Crippen molar-refractivity contribution in [3.05, 3.63) is 17.9 Å². The molecule has 0 bridgehead atoms. The third-order valence-corrected chi connectivity index (χ3v) is 1.17. The molecule has 0 saturated carbocycles. The summed E-state index contributed by atoms with van der Waals surface area (Å²) in [5.41, 5.74) is 11.7. The molecule has 0 aliphatic carbocycles. The Hall–Kier alpha value is -0.960. The van der Waals surface area contributed by atoms with E-state index in [-0.39, 0.29) is 6.04 Å². The minimum Gasteiger partial charge on any atom is -0.449 e. The van der Waals surface area contributed by atoms with E-state index in [1.165, 1.54) is 0 Å². The first-order valence-electron chi connectivity index (χ1n) is 2.79. The lowest BCUT2D eigenvalue weighted by molar-refractivity contribution is 0.580. The van der Waals surface area contributed by atoms with Gasteiger partial charge in [-0.3, -0.25) is 0 Å². The van der Waals surface area contributed by atoms with E-state index in [0.29, 0.717) is 5.88 Å². The van der Waals surface area contributed by atoms with Crippen molar-refractivity contribution in [2.24, 2.45) is 5.73 Å². The van der Waals surface area contributed by atoms with Gasteiger partial charge in [0.05, 0.1) is 6.26 Å². The number of anilines is 1. The molecule has 1 aromatic heterocycles. The van der Waals surface area contributed by atoms with Gasteiger partial charge in [0, 0.05) is 17.7 Å². The van der Waals surface area contributed by atoms with Gasteiger partial charge >= 0.3 is 0 Å². The Balaban J connectivity index is 2.85. The van der Waals surface area contributed by atoms with Crippen LogP contribution >= 0.6 is 0 Å². The van der Waals surface area contributed by atoms with Crippen LogP contribution in [0.25, 0.3) is 0 Å². The monoisotopic (exact) mass is 126 g/mol. The lowest BCUT2D eigenvalue weighted by Crippen LogP contribution is -2.02. The van der Waals surface area contributed by atoms with Crippen LogP contribution in [0.4, 0.5) is 5.88 Å². The Kier molecular flexibility index (Phi) is 1.44. The lowest BCUT2D eigenvalue weighted by Gasteiger charge is -1.95. The molecule has 0 fully saturated rings. The molecule has 3 heteroatoms. The van der Waals surface area contributed by atoms with Crippen LogP contribution in [0.5, 0.6) is 0 Å². The van der Waals surface area contributed by atoms with Gasteiger partial charge in [-0.2, -0.15) is 0 Å². The zero-order valence-corrected chi connectivity index (χ0v) is 5.29. The Morgan fingerprint density at radius 3 is 2.56 bits per heavy atom. The molecule has 0 aliphatic rings. The Labute approximate surface area is 53.6 Å². The maximum atomic E-state index is 5.51. The number of hydrogen-bond acceptors (Lipinski definition) is 3. The highest BCUT2D eigenvalue weighted by molar-refractivity contribution is 5.30. The summed E-state index contributed by atoms with van der Waals surface area (Å²) in [4.78, 5) is 0. The predicted molar refractivity (Wildman–Crippen MR) is 35.7 cm³/mol. The maximum absolute atomic E-state index is 5.51. The molecule has 0 radical (unpaired) electrons. The molecule has 50 valence electrons. The molecule has 0 aliphatic heterocycles. The third kappa shape index (κ3) is 1.23. The van der Waals surface area contributed by atoms with Gasteiger partial charge in [0.1, 0.15) is 0 Å². The van der Waals surface area contributed by atoms with Crippen LogP contribution in [-0.4, -0.2) is 0 Å². The normalized spacial score (nSPS) is 13.6. The van der Waals surface area contributed by atoms with Crippen molar-refractivity contribution in [3.63, 3.8) is 0 Å². The van der Waals surface area contributed by atoms with Crippen LogP contribution in [-0.2, 0) is 0 Å². The SMILES string of the molecule is CC(N)c1coc(N)c1.